The van der Waals surface area contributed by atoms with E-state index in [1.54, 1.807) is 36.4 Å². The van der Waals surface area contributed by atoms with Gasteiger partial charge in [-0.3, -0.25) is 4.79 Å². The van der Waals surface area contributed by atoms with E-state index in [2.05, 4.69) is 37.2 Å². The highest BCUT2D eigenvalue weighted by molar-refractivity contribution is 9.10. The molecule has 5 nitrogen and oxygen atoms in total. The van der Waals surface area contributed by atoms with E-state index in [9.17, 15) is 9.59 Å². The molecule has 0 aliphatic heterocycles. The first-order chi connectivity index (χ1) is 10.5. The normalized spacial score (nSPS) is 10.6. The first-order valence-corrected chi connectivity index (χ1v) is 7.77. The average Bonchev–Trinajstić information content (AvgIpc) is 2.91. The molecule has 7 heteroatoms. The van der Waals surface area contributed by atoms with E-state index in [1.807, 2.05) is 0 Å². The van der Waals surface area contributed by atoms with Crippen LogP contribution in [0.15, 0.2) is 56.0 Å². The summed E-state index contributed by atoms with van der Waals surface area (Å²) in [6, 6.07) is 10.5. The highest BCUT2D eigenvalue weighted by Gasteiger charge is 2.06. The van der Waals surface area contributed by atoms with Gasteiger partial charge in [0.1, 0.15) is 5.76 Å². The van der Waals surface area contributed by atoms with Crippen LogP contribution in [0.5, 0.6) is 0 Å². The number of furan rings is 1. The van der Waals surface area contributed by atoms with Gasteiger partial charge >= 0.3 is 5.97 Å². The maximum absolute atomic E-state index is 11.6. The molecule has 0 radical (unpaired) electrons. The Hall–Kier alpha value is -1.86. The molecule has 1 aromatic heterocycles. The van der Waals surface area contributed by atoms with E-state index in [1.165, 1.54) is 12.2 Å². The summed E-state index contributed by atoms with van der Waals surface area (Å²) in [4.78, 5) is 23.1. The number of amides is 1. The predicted molar refractivity (Wildman–Crippen MR) is 89.2 cm³/mol. The molecule has 0 fully saturated rings. The van der Waals surface area contributed by atoms with Crippen molar-refractivity contribution < 1.29 is 18.7 Å². The zero-order valence-corrected chi connectivity index (χ0v) is 14.4. The molecule has 1 heterocycles. The van der Waals surface area contributed by atoms with Crippen molar-refractivity contribution in [3.05, 3.63) is 57.4 Å². The summed E-state index contributed by atoms with van der Waals surface area (Å²) in [6.07, 6.45) is 2.65. The van der Waals surface area contributed by atoms with Crippen LogP contribution in [0.25, 0.3) is 6.08 Å². The van der Waals surface area contributed by atoms with E-state index in [4.69, 9.17) is 9.15 Å². The highest BCUT2D eigenvalue weighted by atomic mass is 79.9. The van der Waals surface area contributed by atoms with Gasteiger partial charge in [0.2, 0.25) is 0 Å². The van der Waals surface area contributed by atoms with E-state index in [0.29, 0.717) is 16.1 Å². The van der Waals surface area contributed by atoms with E-state index in [-0.39, 0.29) is 6.61 Å². The van der Waals surface area contributed by atoms with Gasteiger partial charge in [0.15, 0.2) is 11.3 Å². The van der Waals surface area contributed by atoms with Gasteiger partial charge in [-0.2, -0.15) is 0 Å². The molecule has 0 spiro atoms. The molecule has 0 saturated heterocycles. The Morgan fingerprint density at radius 1 is 1.14 bits per heavy atom. The fourth-order valence-electron chi connectivity index (χ4n) is 1.48. The van der Waals surface area contributed by atoms with Crippen molar-refractivity contribution in [1.29, 1.82) is 0 Å². The van der Waals surface area contributed by atoms with Gasteiger partial charge in [-0.1, -0.05) is 15.9 Å². The van der Waals surface area contributed by atoms with Crippen molar-refractivity contribution in [3.8, 4) is 0 Å². The van der Waals surface area contributed by atoms with Gasteiger partial charge in [0, 0.05) is 16.2 Å². The molecule has 1 N–H and O–H groups in total. The van der Waals surface area contributed by atoms with Crippen LogP contribution < -0.4 is 5.32 Å². The molecular formula is C15H11Br2NO4. The summed E-state index contributed by atoms with van der Waals surface area (Å²) in [5.41, 5.74) is 0.625. The van der Waals surface area contributed by atoms with Crippen LogP contribution in [0.4, 0.5) is 5.69 Å². The van der Waals surface area contributed by atoms with Crippen LogP contribution in [-0.4, -0.2) is 18.5 Å². The maximum atomic E-state index is 11.6. The average molecular weight is 429 g/mol. The standard InChI is InChI=1S/C15H11Br2NO4/c16-10-1-3-11(4-2-10)18-14(19)9-21-15(20)8-6-12-5-7-13(17)22-12/h1-8H,9H2,(H,18,19)/b8-6+. The van der Waals surface area contributed by atoms with Gasteiger partial charge in [-0.05, 0) is 58.4 Å². The van der Waals surface area contributed by atoms with Gasteiger partial charge in [-0.15, -0.1) is 0 Å². The quantitative estimate of drug-likeness (QED) is 0.577. The first kappa shape index (κ1) is 16.5. The molecule has 0 aliphatic rings. The molecule has 0 saturated carbocycles. The Morgan fingerprint density at radius 3 is 2.50 bits per heavy atom. The smallest absolute Gasteiger partial charge is 0.331 e. The lowest BCUT2D eigenvalue weighted by molar-refractivity contribution is -0.142. The lowest BCUT2D eigenvalue weighted by Gasteiger charge is -2.05. The predicted octanol–water partition coefficient (Wildman–Crippen LogP) is 4.00. The third-order valence-corrected chi connectivity index (χ3v) is 3.41. The third-order valence-electron chi connectivity index (χ3n) is 2.45. The maximum Gasteiger partial charge on any atom is 0.331 e. The first-order valence-electron chi connectivity index (χ1n) is 6.18. The fourth-order valence-corrected chi connectivity index (χ4v) is 2.07. The van der Waals surface area contributed by atoms with Gasteiger partial charge < -0.3 is 14.5 Å². The van der Waals surface area contributed by atoms with E-state index < -0.39 is 11.9 Å². The summed E-state index contributed by atoms with van der Waals surface area (Å²) >= 11 is 6.45. The molecule has 0 bridgehead atoms. The second-order valence-corrected chi connectivity index (χ2v) is 5.84. The van der Waals surface area contributed by atoms with Crippen molar-refractivity contribution >= 4 is 55.5 Å². The topological polar surface area (TPSA) is 68.5 Å². The van der Waals surface area contributed by atoms with Crippen LogP contribution in [0, 0.1) is 0 Å². The third kappa shape index (κ3) is 5.50. The highest BCUT2D eigenvalue weighted by Crippen LogP contribution is 2.15. The van der Waals surface area contributed by atoms with Crippen molar-refractivity contribution in [2.45, 2.75) is 0 Å². The minimum atomic E-state index is -0.626. The largest absolute Gasteiger partial charge is 0.452 e. The summed E-state index contributed by atoms with van der Waals surface area (Å²) in [5.74, 6) is -0.536. The van der Waals surface area contributed by atoms with Crippen molar-refractivity contribution in [1.82, 2.24) is 0 Å². The molecule has 2 aromatic rings. The summed E-state index contributed by atoms with van der Waals surface area (Å²) in [5, 5.41) is 2.62. The Bertz CT molecular complexity index is 692. The van der Waals surface area contributed by atoms with Crippen molar-refractivity contribution in [2.75, 3.05) is 11.9 Å². The van der Waals surface area contributed by atoms with Crippen LogP contribution in [0.2, 0.25) is 0 Å². The second-order valence-electron chi connectivity index (χ2n) is 4.14. The van der Waals surface area contributed by atoms with Crippen molar-refractivity contribution in [3.63, 3.8) is 0 Å². The Morgan fingerprint density at radius 2 is 1.86 bits per heavy atom. The van der Waals surface area contributed by atoms with Gasteiger partial charge in [0.25, 0.3) is 5.91 Å². The number of ether oxygens (including phenoxy) is 1. The van der Waals surface area contributed by atoms with Crippen LogP contribution in [0.1, 0.15) is 5.76 Å². The van der Waals surface area contributed by atoms with Crippen molar-refractivity contribution in [2.24, 2.45) is 0 Å². The minimum Gasteiger partial charge on any atom is -0.452 e. The number of anilines is 1. The molecule has 1 amide bonds. The number of hydrogen-bond acceptors (Lipinski definition) is 4. The lowest BCUT2D eigenvalue weighted by Crippen LogP contribution is -2.20. The summed E-state index contributed by atoms with van der Waals surface area (Å²) in [6.45, 7) is -0.360. The Balaban J connectivity index is 1.77. The molecular weight excluding hydrogens is 418 g/mol. The van der Waals surface area contributed by atoms with Gasteiger partial charge in [-0.25, -0.2) is 4.79 Å². The monoisotopic (exact) mass is 427 g/mol. The summed E-state index contributed by atoms with van der Waals surface area (Å²) in [7, 11) is 0. The summed E-state index contributed by atoms with van der Waals surface area (Å²) < 4.78 is 11.5. The van der Waals surface area contributed by atoms with Crippen LogP contribution in [-0.2, 0) is 14.3 Å². The number of benzene rings is 1. The number of nitrogens with one attached hydrogen (secondary N) is 1. The molecule has 114 valence electrons. The van der Waals surface area contributed by atoms with E-state index >= 15 is 0 Å². The molecule has 0 atom stereocenters. The number of carbonyl (C=O) groups is 2. The number of hydrogen-bond donors (Lipinski definition) is 1. The zero-order chi connectivity index (χ0) is 15.9. The lowest BCUT2D eigenvalue weighted by atomic mass is 10.3. The number of rotatable bonds is 5. The fraction of sp³-hybridized carbons (Fsp3) is 0.0667. The molecule has 22 heavy (non-hydrogen) atoms. The molecule has 2 rings (SSSR count). The Labute approximate surface area is 143 Å². The van der Waals surface area contributed by atoms with Crippen LogP contribution >= 0.6 is 31.9 Å². The van der Waals surface area contributed by atoms with E-state index in [0.717, 1.165) is 4.47 Å². The minimum absolute atomic E-state index is 0.360. The number of halogens is 2. The SMILES string of the molecule is O=C(COC(=O)/C=C/c1ccc(Br)o1)Nc1ccc(Br)cc1. The molecule has 0 unspecified atom stereocenters. The van der Waals surface area contributed by atoms with Crippen LogP contribution in [0.3, 0.4) is 0 Å². The molecule has 0 aliphatic carbocycles. The number of carbonyl (C=O) groups excluding carboxylic acids is 2. The Kier molecular flexibility index (Phi) is 5.97. The second kappa shape index (κ2) is 7.95. The van der Waals surface area contributed by atoms with Gasteiger partial charge in [0.05, 0.1) is 0 Å². The number of esters is 1. The zero-order valence-electron chi connectivity index (χ0n) is 11.2. The molecule has 1 aromatic carbocycles.